The van der Waals surface area contributed by atoms with E-state index in [4.69, 9.17) is 4.74 Å². The van der Waals surface area contributed by atoms with Gasteiger partial charge in [-0.15, -0.1) is 0 Å². The molecule has 1 fully saturated rings. The molecule has 1 unspecified atom stereocenters. The van der Waals surface area contributed by atoms with E-state index in [1.807, 2.05) is 49.3 Å². The van der Waals surface area contributed by atoms with Crippen molar-refractivity contribution in [1.82, 2.24) is 9.80 Å². The standard InChI is InChI=1S/C15H18N2O2/c1-16(2)10-6-7-11-17-14(18)12-19-15(17)13-8-4-3-5-9-13/h3-5,8-9,15H,10-12H2,1-2H3. The van der Waals surface area contributed by atoms with Crippen molar-refractivity contribution < 1.29 is 9.53 Å². The van der Waals surface area contributed by atoms with Gasteiger partial charge in [0.2, 0.25) is 0 Å². The molecule has 1 amide bonds. The monoisotopic (exact) mass is 258 g/mol. The van der Waals surface area contributed by atoms with Crippen LogP contribution in [-0.2, 0) is 9.53 Å². The fraction of sp³-hybridized carbons (Fsp3) is 0.400. The molecule has 4 heteroatoms. The summed E-state index contributed by atoms with van der Waals surface area (Å²) in [7, 11) is 3.93. The molecule has 1 aromatic rings. The Balaban J connectivity index is 2.03. The van der Waals surface area contributed by atoms with E-state index in [1.54, 1.807) is 4.90 Å². The van der Waals surface area contributed by atoms with Crippen LogP contribution in [0.2, 0.25) is 0 Å². The van der Waals surface area contributed by atoms with Crippen LogP contribution >= 0.6 is 0 Å². The Morgan fingerprint density at radius 1 is 1.32 bits per heavy atom. The number of hydrogen-bond acceptors (Lipinski definition) is 3. The second-order valence-electron chi connectivity index (χ2n) is 4.69. The summed E-state index contributed by atoms with van der Waals surface area (Å²) in [4.78, 5) is 15.5. The Bertz CT molecular complexity index is 488. The normalized spacial score (nSPS) is 18.6. The van der Waals surface area contributed by atoms with Crippen molar-refractivity contribution in [2.45, 2.75) is 6.23 Å². The molecule has 1 heterocycles. The van der Waals surface area contributed by atoms with Gasteiger partial charge in [-0.2, -0.15) is 0 Å². The summed E-state index contributed by atoms with van der Waals surface area (Å²) in [5, 5.41) is 0. The average Bonchev–Trinajstić information content (AvgIpc) is 2.77. The van der Waals surface area contributed by atoms with Crippen molar-refractivity contribution in [1.29, 1.82) is 0 Å². The molecule has 0 N–H and O–H groups in total. The van der Waals surface area contributed by atoms with Gasteiger partial charge in [-0.3, -0.25) is 14.6 Å². The SMILES string of the molecule is CN(C)CC#CCN1C(=O)COC1c1ccccc1. The first-order valence-electron chi connectivity index (χ1n) is 6.25. The summed E-state index contributed by atoms with van der Waals surface area (Å²) < 4.78 is 5.54. The van der Waals surface area contributed by atoms with Crippen LogP contribution in [0.1, 0.15) is 11.8 Å². The highest BCUT2D eigenvalue weighted by atomic mass is 16.5. The Kier molecular flexibility index (Phi) is 4.56. The van der Waals surface area contributed by atoms with Gasteiger partial charge in [0.25, 0.3) is 5.91 Å². The van der Waals surface area contributed by atoms with Gasteiger partial charge in [0.05, 0.1) is 13.1 Å². The minimum absolute atomic E-state index is 0.00648. The Morgan fingerprint density at radius 3 is 2.74 bits per heavy atom. The maximum Gasteiger partial charge on any atom is 0.251 e. The van der Waals surface area contributed by atoms with Crippen LogP contribution in [0.15, 0.2) is 30.3 Å². The molecule has 0 spiro atoms. The molecule has 1 atom stereocenters. The van der Waals surface area contributed by atoms with Crippen molar-refractivity contribution in [3.8, 4) is 11.8 Å². The largest absolute Gasteiger partial charge is 0.344 e. The molecule has 100 valence electrons. The summed E-state index contributed by atoms with van der Waals surface area (Å²) in [5.41, 5.74) is 0.989. The molecule has 1 aromatic carbocycles. The van der Waals surface area contributed by atoms with Crippen molar-refractivity contribution in [3.63, 3.8) is 0 Å². The highest BCUT2D eigenvalue weighted by Gasteiger charge is 2.32. The lowest BCUT2D eigenvalue weighted by Gasteiger charge is -2.21. The molecule has 1 saturated heterocycles. The molecule has 0 aliphatic carbocycles. The molecule has 2 rings (SSSR count). The number of carbonyl (C=O) groups excluding carboxylic acids is 1. The van der Waals surface area contributed by atoms with Crippen molar-refractivity contribution >= 4 is 5.91 Å². The van der Waals surface area contributed by atoms with E-state index < -0.39 is 0 Å². The van der Waals surface area contributed by atoms with E-state index in [0.29, 0.717) is 13.1 Å². The zero-order valence-corrected chi connectivity index (χ0v) is 11.3. The fourth-order valence-corrected chi connectivity index (χ4v) is 1.87. The molecule has 0 bridgehead atoms. The quantitative estimate of drug-likeness (QED) is 0.761. The molecule has 0 saturated carbocycles. The summed E-state index contributed by atoms with van der Waals surface area (Å²) in [6.07, 6.45) is -0.303. The lowest BCUT2D eigenvalue weighted by atomic mass is 10.2. The Hall–Kier alpha value is -1.83. The smallest absolute Gasteiger partial charge is 0.251 e. The third-order valence-corrected chi connectivity index (χ3v) is 2.82. The van der Waals surface area contributed by atoms with E-state index in [-0.39, 0.29) is 18.7 Å². The molecule has 4 nitrogen and oxygen atoms in total. The van der Waals surface area contributed by atoms with Crippen molar-refractivity contribution in [2.75, 3.05) is 33.8 Å². The van der Waals surface area contributed by atoms with Gasteiger partial charge >= 0.3 is 0 Å². The second-order valence-corrected chi connectivity index (χ2v) is 4.69. The maximum atomic E-state index is 11.8. The first-order valence-corrected chi connectivity index (χ1v) is 6.25. The van der Waals surface area contributed by atoms with Crippen LogP contribution in [0.3, 0.4) is 0 Å². The first-order chi connectivity index (χ1) is 9.18. The Morgan fingerprint density at radius 2 is 2.05 bits per heavy atom. The lowest BCUT2D eigenvalue weighted by Crippen LogP contribution is -2.29. The van der Waals surface area contributed by atoms with Gasteiger partial charge in [0.15, 0.2) is 6.23 Å². The average molecular weight is 258 g/mol. The minimum atomic E-state index is -0.303. The fourth-order valence-electron chi connectivity index (χ4n) is 1.87. The molecule has 19 heavy (non-hydrogen) atoms. The number of rotatable bonds is 3. The third-order valence-electron chi connectivity index (χ3n) is 2.82. The van der Waals surface area contributed by atoms with Gasteiger partial charge in [-0.25, -0.2) is 0 Å². The van der Waals surface area contributed by atoms with Crippen LogP contribution in [-0.4, -0.2) is 49.5 Å². The number of amides is 1. The number of benzene rings is 1. The highest BCUT2D eigenvalue weighted by Crippen LogP contribution is 2.26. The number of nitrogens with zero attached hydrogens (tertiary/aromatic N) is 2. The molecule has 1 aliphatic rings. The summed E-state index contributed by atoms with van der Waals surface area (Å²) >= 11 is 0. The number of carbonyl (C=O) groups is 1. The van der Waals surface area contributed by atoms with Crippen LogP contribution < -0.4 is 0 Å². The van der Waals surface area contributed by atoms with Crippen LogP contribution in [0.4, 0.5) is 0 Å². The predicted octanol–water partition coefficient (Wildman–Crippen LogP) is 1.11. The van der Waals surface area contributed by atoms with Gasteiger partial charge in [-0.05, 0) is 14.1 Å². The van der Waals surface area contributed by atoms with Gasteiger partial charge in [-0.1, -0.05) is 42.2 Å². The zero-order valence-electron chi connectivity index (χ0n) is 11.3. The van der Waals surface area contributed by atoms with E-state index >= 15 is 0 Å². The lowest BCUT2D eigenvalue weighted by molar-refractivity contribution is -0.127. The summed E-state index contributed by atoms with van der Waals surface area (Å²) in [6, 6.07) is 9.75. The summed E-state index contributed by atoms with van der Waals surface area (Å²) in [6.45, 7) is 1.24. The van der Waals surface area contributed by atoms with Crippen LogP contribution in [0.5, 0.6) is 0 Å². The minimum Gasteiger partial charge on any atom is -0.344 e. The molecular weight excluding hydrogens is 240 g/mol. The van der Waals surface area contributed by atoms with Crippen molar-refractivity contribution in [2.24, 2.45) is 0 Å². The van der Waals surface area contributed by atoms with Gasteiger partial charge in [0, 0.05) is 5.56 Å². The van der Waals surface area contributed by atoms with Gasteiger partial charge < -0.3 is 4.74 Å². The van der Waals surface area contributed by atoms with E-state index in [9.17, 15) is 4.79 Å². The molecule has 0 radical (unpaired) electrons. The summed E-state index contributed by atoms with van der Waals surface area (Å²) in [5.74, 6) is 6.05. The topological polar surface area (TPSA) is 32.8 Å². The van der Waals surface area contributed by atoms with Crippen LogP contribution in [0.25, 0.3) is 0 Å². The molecular formula is C15H18N2O2. The van der Waals surface area contributed by atoms with E-state index in [2.05, 4.69) is 11.8 Å². The second kappa shape index (κ2) is 6.37. The number of hydrogen-bond donors (Lipinski definition) is 0. The third kappa shape index (κ3) is 3.57. The van der Waals surface area contributed by atoms with Crippen LogP contribution in [0, 0.1) is 11.8 Å². The maximum absolute atomic E-state index is 11.8. The van der Waals surface area contributed by atoms with E-state index in [1.165, 1.54) is 0 Å². The first kappa shape index (κ1) is 13.6. The van der Waals surface area contributed by atoms with Crippen molar-refractivity contribution in [3.05, 3.63) is 35.9 Å². The molecule has 1 aliphatic heterocycles. The number of ether oxygens (including phenoxy) is 1. The highest BCUT2D eigenvalue weighted by molar-refractivity contribution is 5.79. The Labute approximate surface area is 114 Å². The van der Waals surface area contributed by atoms with E-state index in [0.717, 1.165) is 5.56 Å². The van der Waals surface area contributed by atoms with Gasteiger partial charge in [0.1, 0.15) is 6.61 Å². The zero-order chi connectivity index (χ0) is 13.7. The predicted molar refractivity (Wildman–Crippen MR) is 73.2 cm³/mol. The molecule has 0 aromatic heterocycles.